The van der Waals surface area contributed by atoms with Gasteiger partial charge in [0.2, 0.25) is 0 Å². The fourth-order valence-corrected chi connectivity index (χ4v) is 2.68. The van der Waals surface area contributed by atoms with Crippen molar-refractivity contribution >= 4 is 17.6 Å². The zero-order valence-electron chi connectivity index (χ0n) is 10.5. The van der Waals surface area contributed by atoms with Gasteiger partial charge in [0.05, 0.1) is 0 Å². The molecule has 0 saturated heterocycles. The molecule has 8 heteroatoms. The van der Waals surface area contributed by atoms with E-state index in [-0.39, 0.29) is 17.6 Å². The Bertz CT molecular complexity index is 659. The Morgan fingerprint density at radius 3 is 2.95 bits per heavy atom. The molecule has 0 amide bonds. The summed E-state index contributed by atoms with van der Waals surface area (Å²) in [5, 5.41) is 14.4. The van der Waals surface area contributed by atoms with E-state index in [1.165, 1.54) is 11.8 Å². The van der Waals surface area contributed by atoms with Crippen LogP contribution in [0.3, 0.4) is 0 Å². The number of hydrogen-bond donors (Lipinski definition) is 3. The number of rotatable bonds is 4. The highest BCUT2D eigenvalue weighted by Gasteiger charge is 2.15. The van der Waals surface area contributed by atoms with Gasteiger partial charge in [0, 0.05) is 28.9 Å². The topological polar surface area (TPSA) is 113 Å². The van der Waals surface area contributed by atoms with Crippen LogP contribution in [0.5, 0.6) is 0 Å². The fraction of sp³-hybridized carbons (Fsp3) is 0.273. The quantitative estimate of drug-likeness (QED) is 0.570. The smallest absolute Gasteiger partial charge is 0.344 e. The zero-order chi connectivity index (χ0) is 14.0. The van der Waals surface area contributed by atoms with E-state index in [0.29, 0.717) is 15.6 Å². The van der Waals surface area contributed by atoms with E-state index in [9.17, 15) is 4.79 Å². The largest absolute Gasteiger partial charge is 0.384 e. The van der Waals surface area contributed by atoms with Crippen molar-refractivity contribution in [3.05, 3.63) is 34.5 Å². The van der Waals surface area contributed by atoms with Gasteiger partial charge in [-0.05, 0) is 31.7 Å². The maximum Gasteiger partial charge on any atom is 0.344 e. The van der Waals surface area contributed by atoms with E-state index in [4.69, 9.17) is 11.1 Å². The van der Waals surface area contributed by atoms with Gasteiger partial charge in [0.1, 0.15) is 5.84 Å². The molecule has 0 bridgehead atoms. The SMILES string of the molecule is CC(C)n1c(Sc2cnccc2C(=N)N)n[nH]c1=O. The second-order valence-electron chi connectivity index (χ2n) is 4.16. The molecule has 0 atom stereocenters. The average Bonchev–Trinajstić information content (AvgIpc) is 2.71. The summed E-state index contributed by atoms with van der Waals surface area (Å²) in [5.41, 5.74) is 5.83. The maximum atomic E-state index is 11.6. The van der Waals surface area contributed by atoms with Gasteiger partial charge in [-0.2, -0.15) is 0 Å². The number of amidine groups is 1. The molecule has 7 nitrogen and oxygen atoms in total. The lowest BCUT2D eigenvalue weighted by atomic mass is 10.2. The molecular weight excluding hydrogens is 264 g/mol. The van der Waals surface area contributed by atoms with Gasteiger partial charge in [-0.1, -0.05) is 0 Å². The van der Waals surface area contributed by atoms with Crippen LogP contribution in [0.4, 0.5) is 0 Å². The molecule has 2 heterocycles. The van der Waals surface area contributed by atoms with Crippen LogP contribution in [-0.4, -0.2) is 25.6 Å². The standard InChI is InChI=1S/C11H14N6OS/c1-6(2)17-10(18)15-16-11(17)19-8-5-14-4-3-7(8)9(12)13/h3-6H,1-2H3,(H3,12,13)(H,15,18). The molecule has 2 aromatic heterocycles. The number of hydrogen-bond acceptors (Lipinski definition) is 5. The van der Waals surface area contributed by atoms with Crippen LogP contribution in [0, 0.1) is 5.41 Å². The van der Waals surface area contributed by atoms with Crippen molar-refractivity contribution in [2.45, 2.75) is 29.9 Å². The van der Waals surface area contributed by atoms with Crippen molar-refractivity contribution < 1.29 is 0 Å². The first kappa shape index (κ1) is 13.3. The molecule has 0 aromatic carbocycles. The summed E-state index contributed by atoms with van der Waals surface area (Å²) in [6.07, 6.45) is 3.17. The van der Waals surface area contributed by atoms with E-state index in [2.05, 4.69) is 15.2 Å². The third-order valence-corrected chi connectivity index (χ3v) is 3.48. The summed E-state index contributed by atoms with van der Waals surface area (Å²) in [7, 11) is 0. The summed E-state index contributed by atoms with van der Waals surface area (Å²) in [5.74, 6) is -0.0427. The van der Waals surface area contributed by atoms with Crippen molar-refractivity contribution in [3.63, 3.8) is 0 Å². The van der Waals surface area contributed by atoms with Crippen LogP contribution < -0.4 is 11.4 Å². The number of H-pyrrole nitrogens is 1. The molecule has 0 saturated carbocycles. The van der Waals surface area contributed by atoms with Gasteiger partial charge in [-0.3, -0.25) is 15.0 Å². The van der Waals surface area contributed by atoms with Crippen LogP contribution in [-0.2, 0) is 0 Å². The number of nitrogens with two attached hydrogens (primary N) is 1. The lowest BCUT2D eigenvalue weighted by molar-refractivity contribution is 0.534. The highest BCUT2D eigenvalue weighted by molar-refractivity contribution is 7.99. The number of nitrogen functional groups attached to an aromatic ring is 1. The Hall–Kier alpha value is -2.09. The number of pyridine rings is 1. The van der Waals surface area contributed by atoms with Gasteiger partial charge in [0.25, 0.3) is 0 Å². The van der Waals surface area contributed by atoms with Gasteiger partial charge < -0.3 is 5.73 Å². The Morgan fingerprint density at radius 2 is 2.32 bits per heavy atom. The predicted molar refractivity (Wildman–Crippen MR) is 72.6 cm³/mol. The lowest BCUT2D eigenvalue weighted by Gasteiger charge is -2.10. The summed E-state index contributed by atoms with van der Waals surface area (Å²) in [6, 6.07) is 1.65. The summed E-state index contributed by atoms with van der Waals surface area (Å²) >= 11 is 1.26. The minimum absolute atomic E-state index is 0.00815. The molecule has 0 fully saturated rings. The van der Waals surface area contributed by atoms with E-state index in [1.54, 1.807) is 23.0 Å². The number of aromatic amines is 1. The first-order valence-corrected chi connectivity index (χ1v) is 6.45. The third kappa shape index (κ3) is 2.68. The third-order valence-electron chi connectivity index (χ3n) is 2.46. The molecule has 100 valence electrons. The Kier molecular flexibility index (Phi) is 3.70. The predicted octanol–water partition coefficient (Wildman–Crippen LogP) is 0.983. The van der Waals surface area contributed by atoms with Gasteiger partial charge in [0.15, 0.2) is 5.16 Å². The van der Waals surface area contributed by atoms with Gasteiger partial charge in [-0.15, -0.1) is 5.10 Å². The Morgan fingerprint density at radius 1 is 1.58 bits per heavy atom. The van der Waals surface area contributed by atoms with Crippen LogP contribution >= 0.6 is 11.8 Å². The number of aromatic nitrogens is 4. The van der Waals surface area contributed by atoms with Crippen molar-refractivity contribution in [1.29, 1.82) is 5.41 Å². The Balaban J connectivity index is 2.43. The molecule has 2 rings (SSSR count). The van der Waals surface area contributed by atoms with E-state index < -0.39 is 0 Å². The molecule has 19 heavy (non-hydrogen) atoms. The van der Waals surface area contributed by atoms with Crippen molar-refractivity contribution in [2.75, 3.05) is 0 Å². The van der Waals surface area contributed by atoms with Gasteiger partial charge in [-0.25, -0.2) is 9.89 Å². The van der Waals surface area contributed by atoms with Crippen LogP contribution in [0.1, 0.15) is 25.5 Å². The summed E-state index contributed by atoms with van der Waals surface area (Å²) in [6.45, 7) is 3.80. The van der Waals surface area contributed by atoms with E-state index >= 15 is 0 Å². The first-order valence-electron chi connectivity index (χ1n) is 5.64. The second-order valence-corrected chi connectivity index (χ2v) is 5.17. The highest BCUT2D eigenvalue weighted by atomic mass is 32.2. The molecule has 0 aliphatic rings. The Labute approximate surface area is 113 Å². The summed E-state index contributed by atoms with van der Waals surface area (Å²) in [4.78, 5) is 16.3. The molecule has 0 radical (unpaired) electrons. The molecule has 0 aliphatic heterocycles. The molecule has 2 aromatic rings. The van der Waals surface area contributed by atoms with Crippen LogP contribution in [0.25, 0.3) is 0 Å². The molecular formula is C11H14N6OS. The fourth-order valence-electron chi connectivity index (χ4n) is 1.60. The van der Waals surface area contributed by atoms with Gasteiger partial charge >= 0.3 is 5.69 Å². The van der Waals surface area contributed by atoms with Crippen molar-refractivity contribution in [1.82, 2.24) is 19.7 Å². The molecule has 4 N–H and O–H groups in total. The monoisotopic (exact) mass is 278 g/mol. The lowest BCUT2D eigenvalue weighted by Crippen LogP contribution is -2.19. The summed E-state index contributed by atoms with van der Waals surface area (Å²) < 4.78 is 1.54. The highest BCUT2D eigenvalue weighted by Crippen LogP contribution is 2.28. The van der Waals surface area contributed by atoms with E-state index in [1.807, 2.05) is 13.8 Å². The van der Waals surface area contributed by atoms with Crippen LogP contribution in [0.2, 0.25) is 0 Å². The van der Waals surface area contributed by atoms with E-state index in [0.717, 1.165) is 0 Å². The van der Waals surface area contributed by atoms with Crippen molar-refractivity contribution in [2.24, 2.45) is 5.73 Å². The zero-order valence-corrected chi connectivity index (χ0v) is 11.4. The minimum atomic E-state index is -0.259. The van der Waals surface area contributed by atoms with Crippen LogP contribution in [0.15, 0.2) is 33.3 Å². The second kappa shape index (κ2) is 5.27. The number of nitrogens with zero attached hydrogens (tertiary/aromatic N) is 3. The average molecular weight is 278 g/mol. The van der Waals surface area contributed by atoms with Crippen molar-refractivity contribution in [3.8, 4) is 0 Å². The normalized spacial score (nSPS) is 10.9. The molecule has 0 spiro atoms. The maximum absolute atomic E-state index is 11.6. The first-order chi connectivity index (χ1) is 9.00. The molecule has 0 aliphatic carbocycles. The number of nitrogens with one attached hydrogen (secondary N) is 2. The minimum Gasteiger partial charge on any atom is -0.384 e. The molecule has 0 unspecified atom stereocenters.